The van der Waals surface area contributed by atoms with E-state index in [1.54, 1.807) is 23.1 Å². The van der Waals surface area contributed by atoms with Crippen molar-refractivity contribution in [1.29, 1.82) is 0 Å². The minimum absolute atomic E-state index is 0.0184. The van der Waals surface area contributed by atoms with Gasteiger partial charge in [0, 0.05) is 24.2 Å². The lowest BCUT2D eigenvalue weighted by Crippen LogP contribution is -2.37. The van der Waals surface area contributed by atoms with E-state index in [1.165, 1.54) is 0 Å². The molecule has 0 aromatic heterocycles. The molecule has 2 aromatic carbocycles. The number of benzene rings is 2. The number of fused-ring (bicyclic) bond motifs is 1. The summed E-state index contributed by atoms with van der Waals surface area (Å²) in [5, 5.41) is 2.93. The van der Waals surface area contributed by atoms with Gasteiger partial charge in [-0.2, -0.15) is 0 Å². The molecule has 2 aromatic rings. The fraction of sp³-hybridized carbons (Fsp3) is 0.300. The molecule has 140 valence electrons. The van der Waals surface area contributed by atoms with E-state index < -0.39 is 0 Å². The molecule has 1 atom stereocenters. The highest BCUT2D eigenvalue weighted by molar-refractivity contribution is 5.99. The standard InChI is InChI=1S/C20H20N2O5/c1-2-25-16-6-4-15(5-7-16)22-11-14(10-19(22)23)21-20(24)13-3-8-17-18(9-13)27-12-26-17/h3-9,14H,2,10-12H2,1H3,(H,21,24). The van der Waals surface area contributed by atoms with Crippen LogP contribution in [-0.4, -0.2) is 37.8 Å². The van der Waals surface area contributed by atoms with Crippen LogP contribution < -0.4 is 24.4 Å². The van der Waals surface area contributed by atoms with Crippen LogP contribution in [0.1, 0.15) is 23.7 Å². The number of carbonyl (C=O) groups excluding carboxylic acids is 2. The normalized spacial score (nSPS) is 17.9. The monoisotopic (exact) mass is 368 g/mol. The molecular formula is C20H20N2O5. The molecular weight excluding hydrogens is 348 g/mol. The first-order chi connectivity index (χ1) is 13.1. The summed E-state index contributed by atoms with van der Waals surface area (Å²) in [6, 6.07) is 12.2. The van der Waals surface area contributed by atoms with Crippen LogP contribution in [0.15, 0.2) is 42.5 Å². The number of nitrogens with zero attached hydrogens (tertiary/aromatic N) is 1. The van der Waals surface area contributed by atoms with Gasteiger partial charge in [0.1, 0.15) is 5.75 Å². The Bertz CT molecular complexity index is 865. The lowest BCUT2D eigenvalue weighted by atomic mass is 10.1. The van der Waals surface area contributed by atoms with E-state index in [-0.39, 0.29) is 31.1 Å². The second kappa shape index (κ2) is 7.19. The lowest BCUT2D eigenvalue weighted by molar-refractivity contribution is -0.117. The molecule has 0 saturated carbocycles. The smallest absolute Gasteiger partial charge is 0.251 e. The zero-order chi connectivity index (χ0) is 18.8. The molecule has 1 N–H and O–H groups in total. The Hall–Kier alpha value is -3.22. The van der Waals surface area contributed by atoms with Gasteiger partial charge in [0.2, 0.25) is 12.7 Å². The summed E-state index contributed by atoms with van der Waals surface area (Å²) < 4.78 is 16.0. The summed E-state index contributed by atoms with van der Waals surface area (Å²) in [7, 11) is 0. The van der Waals surface area contributed by atoms with Gasteiger partial charge in [0.05, 0.1) is 12.6 Å². The largest absolute Gasteiger partial charge is 0.494 e. The highest BCUT2D eigenvalue weighted by Gasteiger charge is 2.32. The predicted octanol–water partition coefficient (Wildman–Crippen LogP) is 2.35. The van der Waals surface area contributed by atoms with Crippen molar-refractivity contribution in [3.63, 3.8) is 0 Å². The molecule has 1 saturated heterocycles. The van der Waals surface area contributed by atoms with Crippen molar-refractivity contribution >= 4 is 17.5 Å². The van der Waals surface area contributed by atoms with Gasteiger partial charge in [0.25, 0.3) is 5.91 Å². The quantitative estimate of drug-likeness (QED) is 0.877. The van der Waals surface area contributed by atoms with Gasteiger partial charge >= 0.3 is 0 Å². The first-order valence-electron chi connectivity index (χ1n) is 8.88. The molecule has 2 amide bonds. The third-order valence-corrected chi connectivity index (χ3v) is 4.55. The molecule has 7 heteroatoms. The van der Waals surface area contributed by atoms with E-state index in [2.05, 4.69) is 5.32 Å². The third-order valence-electron chi connectivity index (χ3n) is 4.55. The number of rotatable bonds is 5. The molecule has 0 radical (unpaired) electrons. The van der Waals surface area contributed by atoms with Crippen LogP contribution in [0.4, 0.5) is 5.69 Å². The summed E-state index contributed by atoms with van der Waals surface area (Å²) in [6.07, 6.45) is 0.267. The molecule has 2 heterocycles. The number of amides is 2. The molecule has 2 aliphatic rings. The van der Waals surface area contributed by atoms with Gasteiger partial charge in [0.15, 0.2) is 11.5 Å². The molecule has 7 nitrogen and oxygen atoms in total. The molecule has 0 bridgehead atoms. The van der Waals surface area contributed by atoms with Crippen LogP contribution in [0.3, 0.4) is 0 Å². The predicted molar refractivity (Wildman–Crippen MR) is 98.4 cm³/mol. The average molecular weight is 368 g/mol. The number of nitrogens with one attached hydrogen (secondary N) is 1. The zero-order valence-corrected chi connectivity index (χ0v) is 14.9. The number of hydrogen-bond donors (Lipinski definition) is 1. The van der Waals surface area contributed by atoms with E-state index in [0.29, 0.717) is 30.2 Å². The summed E-state index contributed by atoms with van der Waals surface area (Å²) in [5.74, 6) is 1.70. The second-order valence-electron chi connectivity index (χ2n) is 6.37. The van der Waals surface area contributed by atoms with Gasteiger partial charge in [-0.3, -0.25) is 9.59 Å². The van der Waals surface area contributed by atoms with Crippen LogP contribution in [0.2, 0.25) is 0 Å². The van der Waals surface area contributed by atoms with Crippen LogP contribution in [0.25, 0.3) is 0 Å². The Morgan fingerprint density at radius 3 is 2.74 bits per heavy atom. The zero-order valence-electron chi connectivity index (χ0n) is 14.9. The summed E-state index contributed by atoms with van der Waals surface area (Å²) in [6.45, 7) is 3.11. The molecule has 4 rings (SSSR count). The topological polar surface area (TPSA) is 77.1 Å². The van der Waals surface area contributed by atoms with Crippen molar-refractivity contribution < 1.29 is 23.8 Å². The summed E-state index contributed by atoms with van der Waals surface area (Å²) in [5.41, 5.74) is 1.27. The maximum Gasteiger partial charge on any atom is 0.251 e. The lowest BCUT2D eigenvalue weighted by Gasteiger charge is -2.18. The van der Waals surface area contributed by atoms with Crippen molar-refractivity contribution in [3.8, 4) is 17.2 Å². The maximum absolute atomic E-state index is 12.5. The molecule has 2 aliphatic heterocycles. The molecule has 0 spiro atoms. The highest BCUT2D eigenvalue weighted by atomic mass is 16.7. The van der Waals surface area contributed by atoms with E-state index >= 15 is 0 Å². The van der Waals surface area contributed by atoms with Crippen LogP contribution in [0.5, 0.6) is 17.2 Å². The Balaban J connectivity index is 1.41. The fourth-order valence-corrected chi connectivity index (χ4v) is 3.25. The Morgan fingerprint density at radius 1 is 1.19 bits per heavy atom. The van der Waals surface area contributed by atoms with Gasteiger partial charge in [-0.05, 0) is 49.4 Å². The SMILES string of the molecule is CCOc1ccc(N2CC(NC(=O)c3ccc4c(c3)OCO4)CC2=O)cc1. The van der Waals surface area contributed by atoms with Gasteiger partial charge in [-0.25, -0.2) is 0 Å². The minimum Gasteiger partial charge on any atom is -0.494 e. The van der Waals surface area contributed by atoms with Gasteiger partial charge < -0.3 is 24.4 Å². The third kappa shape index (κ3) is 3.53. The van der Waals surface area contributed by atoms with Crippen LogP contribution in [0, 0.1) is 0 Å². The van der Waals surface area contributed by atoms with E-state index in [0.717, 1.165) is 11.4 Å². The molecule has 1 fully saturated rings. The van der Waals surface area contributed by atoms with Crippen molar-refractivity contribution in [2.45, 2.75) is 19.4 Å². The Labute approximate surface area is 156 Å². The van der Waals surface area contributed by atoms with Crippen molar-refractivity contribution in [3.05, 3.63) is 48.0 Å². The van der Waals surface area contributed by atoms with Crippen molar-refractivity contribution in [2.75, 3.05) is 24.8 Å². The molecule has 27 heavy (non-hydrogen) atoms. The Morgan fingerprint density at radius 2 is 1.96 bits per heavy atom. The number of carbonyl (C=O) groups is 2. The highest BCUT2D eigenvalue weighted by Crippen LogP contribution is 2.32. The summed E-state index contributed by atoms with van der Waals surface area (Å²) in [4.78, 5) is 26.6. The maximum atomic E-state index is 12.5. The molecule has 1 unspecified atom stereocenters. The number of ether oxygens (including phenoxy) is 3. The fourth-order valence-electron chi connectivity index (χ4n) is 3.25. The van der Waals surface area contributed by atoms with Crippen LogP contribution >= 0.6 is 0 Å². The van der Waals surface area contributed by atoms with E-state index in [9.17, 15) is 9.59 Å². The summed E-state index contributed by atoms with van der Waals surface area (Å²) >= 11 is 0. The first-order valence-corrected chi connectivity index (χ1v) is 8.88. The van der Waals surface area contributed by atoms with E-state index in [1.807, 2.05) is 31.2 Å². The van der Waals surface area contributed by atoms with Crippen LogP contribution in [-0.2, 0) is 4.79 Å². The molecule has 0 aliphatic carbocycles. The van der Waals surface area contributed by atoms with E-state index in [4.69, 9.17) is 14.2 Å². The second-order valence-corrected chi connectivity index (χ2v) is 6.37. The minimum atomic E-state index is -0.248. The van der Waals surface area contributed by atoms with Gasteiger partial charge in [-0.15, -0.1) is 0 Å². The number of anilines is 1. The Kier molecular flexibility index (Phi) is 4.58. The van der Waals surface area contributed by atoms with Gasteiger partial charge in [-0.1, -0.05) is 0 Å². The average Bonchev–Trinajstić information content (AvgIpc) is 3.28. The van der Waals surface area contributed by atoms with Crippen molar-refractivity contribution in [1.82, 2.24) is 5.32 Å². The first kappa shape index (κ1) is 17.2. The van der Waals surface area contributed by atoms with Crippen molar-refractivity contribution in [2.24, 2.45) is 0 Å². The number of hydrogen-bond acceptors (Lipinski definition) is 5.